The molecule has 0 N–H and O–H groups in total. The highest BCUT2D eigenvalue weighted by atomic mass is 16.6. The smallest absolute Gasteiger partial charge is 0.307 e. The van der Waals surface area contributed by atoms with E-state index in [0.29, 0.717) is 18.9 Å². The minimum atomic E-state index is -1.12. The zero-order valence-corrected chi connectivity index (χ0v) is 11.5. The van der Waals surface area contributed by atoms with E-state index in [2.05, 4.69) is 0 Å². The predicted octanol–water partition coefficient (Wildman–Crippen LogP) is 2.20. The molecule has 0 aromatic rings. The van der Waals surface area contributed by atoms with Crippen LogP contribution in [0.15, 0.2) is 0 Å². The van der Waals surface area contributed by atoms with Gasteiger partial charge in [0.05, 0.1) is 6.61 Å². The molecule has 0 aromatic heterocycles. The van der Waals surface area contributed by atoms with Gasteiger partial charge in [-0.1, -0.05) is 13.8 Å². The monoisotopic (exact) mass is 255 g/mol. The lowest BCUT2D eigenvalue weighted by atomic mass is 10.1. The third kappa shape index (κ3) is 8.57. The molecular weight excluding hydrogens is 234 g/mol. The summed E-state index contributed by atoms with van der Waals surface area (Å²) in [5.41, 5.74) is -1.12. The van der Waals surface area contributed by atoms with Crippen LogP contribution in [0.25, 0.3) is 0 Å². The maximum atomic E-state index is 11.3. The highest BCUT2D eigenvalue weighted by Gasteiger charge is 2.21. The zero-order valence-electron chi connectivity index (χ0n) is 11.5. The Morgan fingerprint density at radius 1 is 1.22 bits per heavy atom. The number of nitriles is 1. The molecule has 0 atom stereocenters. The van der Waals surface area contributed by atoms with Crippen LogP contribution in [-0.4, -0.2) is 24.1 Å². The Morgan fingerprint density at radius 2 is 1.78 bits per heavy atom. The molecule has 0 saturated carbocycles. The second-order valence-electron chi connectivity index (χ2n) is 5.03. The summed E-state index contributed by atoms with van der Waals surface area (Å²) >= 11 is 0. The maximum absolute atomic E-state index is 11.3. The Morgan fingerprint density at radius 3 is 2.28 bits per heavy atom. The zero-order chi connectivity index (χ0) is 14.2. The Kier molecular flexibility index (Phi) is 7.03. The summed E-state index contributed by atoms with van der Waals surface area (Å²) in [5, 5.41) is 8.68. The summed E-state index contributed by atoms with van der Waals surface area (Å²) in [7, 11) is 0. The second kappa shape index (κ2) is 7.70. The van der Waals surface area contributed by atoms with Gasteiger partial charge in [0.15, 0.2) is 5.60 Å². The highest BCUT2D eigenvalue weighted by molar-refractivity contribution is 5.72. The highest BCUT2D eigenvalue weighted by Crippen LogP contribution is 2.10. The van der Waals surface area contributed by atoms with Gasteiger partial charge in [0.1, 0.15) is 6.07 Å². The predicted molar refractivity (Wildman–Crippen MR) is 65.4 cm³/mol. The molecule has 0 aromatic carbocycles. The van der Waals surface area contributed by atoms with Gasteiger partial charge in [0, 0.05) is 12.8 Å². The molecule has 0 saturated heterocycles. The van der Waals surface area contributed by atoms with E-state index in [4.69, 9.17) is 14.7 Å². The lowest BCUT2D eigenvalue weighted by Gasteiger charge is -2.16. The molecule has 0 bridgehead atoms. The van der Waals surface area contributed by atoms with Crippen molar-refractivity contribution in [1.29, 1.82) is 5.26 Å². The van der Waals surface area contributed by atoms with Crippen molar-refractivity contribution >= 4 is 11.9 Å². The molecule has 0 aliphatic rings. The number of esters is 2. The summed E-state index contributed by atoms with van der Waals surface area (Å²) in [6.07, 6.45) is 0.675. The van der Waals surface area contributed by atoms with Gasteiger partial charge in [-0.05, 0) is 26.2 Å². The van der Waals surface area contributed by atoms with Crippen LogP contribution in [0.1, 0.15) is 47.0 Å². The number of rotatable bonds is 7. The fourth-order valence-corrected chi connectivity index (χ4v) is 1.07. The molecule has 102 valence electrons. The van der Waals surface area contributed by atoms with E-state index < -0.39 is 11.6 Å². The van der Waals surface area contributed by atoms with Crippen LogP contribution in [0, 0.1) is 17.2 Å². The first kappa shape index (κ1) is 16.4. The standard InChI is InChI=1S/C13H21NO4/c1-10(2)8-17-11(15)6-5-7-12(16)18-13(3,4)9-14/h10H,5-8H2,1-4H3. The van der Waals surface area contributed by atoms with Crippen molar-refractivity contribution in [3.05, 3.63) is 0 Å². The molecular formula is C13H21NO4. The van der Waals surface area contributed by atoms with Crippen molar-refractivity contribution in [1.82, 2.24) is 0 Å². The topological polar surface area (TPSA) is 76.4 Å². The van der Waals surface area contributed by atoms with E-state index in [9.17, 15) is 9.59 Å². The number of carbonyl (C=O) groups is 2. The first-order valence-corrected chi connectivity index (χ1v) is 6.05. The van der Waals surface area contributed by atoms with Crippen molar-refractivity contribution in [2.24, 2.45) is 5.92 Å². The largest absolute Gasteiger partial charge is 0.465 e. The van der Waals surface area contributed by atoms with Gasteiger partial charge in [-0.2, -0.15) is 5.26 Å². The molecule has 5 heteroatoms. The van der Waals surface area contributed by atoms with Gasteiger partial charge in [0.25, 0.3) is 0 Å². The van der Waals surface area contributed by atoms with Gasteiger partial charge in [-0.3, -0.25) is 9.59 Å². The van der Waals surface area contributed by atoms with Gasteiger partial charge in [-0.15, -0.1) is 0 Å². The fourth-order valence-electron chi connectivity index (χ4n) is 1.07. The number of ether oxygens (including phenoxy) is 2. The van der Waals surface area contributed by atoms with Crippen molar-refractivity contribution in [2.45, 2.75) is 52.6 Å². The number of carbonyl (C=O) groups excluding carboxylic acids is 2. The van der Waals surface area contributed by atoms with Crippen LogP contribution in [0.2, 0.25) is 0 Å². The number of hydrogen-bond donors (Lipinski definition) is 0. The van der Waals surface area contributed by atoms with E-state index in [-0.39, 0.29) is 18.8 Å². The summed E-state index contributed by atoms with van der Waals surface area (Å²) in [5.74, 6) is -0.482. The van der Waals surface area contributed by atoms with E-state index in [1.54, 1.807) is 0 Å². The van der Waals surface area contributed by atoms with Gasteiger partial charge < -0.3 is 9.47 Å². The minimum Gasteiger partial charge on any atom is -0.465 e. The molecule has 0 amide bonds. The van der Waals surface area contributed by atoms with E-state index in [0.717, 1.165) is 0 Å². The van der Waals surface area contributed by atoms with Crippen molar-refractivity contribution in [3.63, 3.8) is 0 Å². The maximum Gasteiger partial charge on any atom is 0.307 e. The van der Waals surface area contributed by atoms with Crippen molar-refractivity contribution in [3.8, 4) is 6.07 Å². The molecule has 0 spiro atoms. The second-order valence-corrected chi connectivity index (χ2v) is 5.03. The molecule has 0 heterocycles. The molecule has 0 aliphatic heterocycles. The summed E-state index contributed by atoms with van der Waals surface area (Å²) in [4.78, 5) is 22.6. The molecule has 0 fully saturated rings. The van der Waals surface area contributed by atoms with Crippen molar-refractivity contribution < 1.29 is 19.1 Å². The normalized spacial score (nSPS) is 10.9. The van der Waals surface area contributed by atoms with E-state index in [1.165, 1.54) is 13.8 Å². The van der Waals surface area contributed by atoms with Crippen LogP contribution >= 0.6 is 0 Å². The van der Waals surface area contributed by atoms with Gasteiger partial charge in [-0.25, -0.2) is 0 Å². The average molecular weight is 255 g/mol. The average Bonchev–Trinajstić information content (AvgIpc) is 2.25. The van der Waals surface area contributed by atoms with Gasteiger partial charge in [0.2, 0.25) is 0 Å². The quantitative estimate of drug-likeness (QED) is 0.652. The first-order valence-electron chi connectivity index (χ1n) is 6.05. The van der Waals surface area contributed by atoms with Crippen LogP contribution < -0.4 is 0 Å². The van der Waals surface area contributed by atoms with Gasteiger partial charge >= 0.3 is 11.9 Å². The lowest BCUT2D eigenvalue weighted by molar-refractivity contribution is -0.152. The lowest BCUT2D eigenvalue weighted by Crippen LogP contribution is -2.25. The Labute approximate surface area is 108 Å². The molecule has 0 unspecified atom stereocenters. The minimum absolute atomic E-state index is 0.113. The first-order chi connectivity index (χ1) is 8.26. The van der Waals surface area contributed by atoms with Crippen LogP contribution in [0.3, 0.4) is 0 Å². The molecule has 0 aliphatic carbocycles. The third-order valence-corrected chi connectivity index (χ3v) is 1.98. The van der Waals surface area contributed by atoms with Crippen molar-refractivity contribution in [2.75, 3.05) is 6.61 Å². The summed E-state index contributed by atoms with van der Waals surface area (Å²) < 4.78 is 9.88. The Balaban J connectivity index is 3.76. The fraction of sp³-hybridized carbons (Fsp3) is 0.769. The van der Waals surface area contributed by atoms with Crippen LogP contribution in [-0.2, 0) is 19.1 Å². The molecule has 5 nitrogen and oxygen atoms in total. The van der Waals surface area contributed by atoms with Crippen LogP contribution in [0.5, 0.6) is 0 Å². The number of hydrogen-bond acceptors (Lipinski definition) is 5. The molecule has 0 radical (unpaired) electrons. The van der Waals surface area contributed by atoms with E-state index >= 15 is 0 Å². The van der Waals surface area contributed by atoms with Crippen LogP contribution in [0.4, 0.5) is 0 Å². The third-order valence-electron chi connectivity index (χ3n) is 1.98. The number of nitrogens with zero attached hydrogens (tertiary/aromatic N) is 1. The van der Waals surface area contributed by atoms with E-state index in [1.807, 2.05) is 19.9 Å². The molecule has 18 heavy (non-hydrogen) atoms. The Hall–Kier alpha value is -1.57. The SMILES string of the molecule is CC(C)COC(=O)CCCC(=O)OC(C)(C)C#N. The summed E-state index contributed by atoms with van der Waals surface area (Å²) in [6.45, 7) is 7.33. The molecule has 0 rings (SSSR count). The Bertz CT molecular complexity index is 328. The summed E-state index contributed by atoms with van der Waals surface area (Å²) in [6, 6.07) is 1.87.